The minimum Gasteiger partial charge on any atom is -0.543 e. The Hall–Kier alpha value is -0.630. The van der Waals surface area contributed by atoms with Gasteiger partial charge in [0.2, 0.25) is 12.1 Å². The maximum absolute atomic E-state index is 12.2. The maximum atomic E-state index is 12.2. The third-order valence-corrected chi connectivity index (χ3v) is 6.75. The van der Waals surface area contributed by atoms with Crippen LogP contribution in [0.3, 0.4) is 0 Å². The first-order valence-corrected chi connectivity index (χ1v) is 9.18. The molecule has 0 bridgehead atoms. The Morgan fingerprint density at radius 1 is 1.67 bits per heavy atom. The molecule has 24 heavy (non-hydrogen) atoms. The Kier molecular flexibility index (Phi) is 6.34. The first-order chi connectivity index (χ1) is 11.0. The number of rotatable bonds is 6. The van der Waals surface area contributed by atoms with Crippen LogP contribution in [0.4, 0.5) is 0 Å². The average molecular weight is 395 g/mol. The molecule has 3 rings (SSSR count). The summed E-state index contributed by atoms with van der Waals surface area (Å²) in [4.78, 5) is 35.4. The van der Waals surface area contributed by atoms with Crippen LogP contribution in [-0.4, -0.2) is 55.9 Å². The van der Waals surface area contributed by atoms with Crippen molar-refractivity contribution in [2.45, 2.75) is 15.4 Å². The summed E-state index contributed by atoms with van der Waals surface area (Å²) >= 11 is 3.97. The van der Waals surface area contributed by atoms with Gasteiger partial charge in [-0.2, -0.15) is 0 Å². The number of nitrogens with two attached hydrogens (primary N) is 1. The van der Waals surface area contributed by atoms with Crippen molar-refractivity contribution in [2.75, 3.05) is 11.5 Å². The van der Waals surface area contributed by atoms with Gasteiger partial charge in [0.05, 0.1) is 11.7 Å². The number of hydrogen-bond donors (Lipinski definition) is 2. The molecule has 2 amide bonds. The third-order valence-electron chi connectivity index (χ3n) is 3.39. The van der Waals surface area contributed by atoms with Gasteiger partial charge in [-0.05, 0) is 5.57 Å². The van der Waals surface area contributed by atoms with Gasteiger partial charge in [0, 0.05) is 11.5 Å². The average Bonchev–Trinajstić information content (AvgIpc) is 3.05. The minimum atomic E-state index is -1.58. The molecule has 1 saturated heterocycles. The van der Waals surface area contributed by atoms with Gasteiger partial charge in [-0.3, -0.25) is 20.2 Å². The van der Waals surface area contributed by atoms with Crippen LogP contribution in [0.25, 0.3) is 0 Å². The number of carbonyl (C=O) groups is 3. The number of nitrogens with zero attached hydrogens (tertiary/aromatic N) is 3. The zero-order chi connectivity index (χ0) is 16.6. The molecular formula is C11H10N5NaO4S3. The number of β-lactam (4-membered cyclic amide) rings is 1. The number of carbonyl (C=O) groups excluding carboxylic acids is 3. The summed E-state index contributed by atoms with van der Waals surface area (Å²) in [6.07, 6.45) is 0.332. The number of nitrogens with one attached hydrogen (secondary N) is 1. The van der Waals surface area contributed by atoms with Gasteiger partial charge in [0.1, 0.15) is 10.9 Å². The Bertz CT molecular complexity index is 700. The van der Waals surface area contributed by atoms with Crippen LogP contribution in [0.1, 0.15) is 0 Å². The maximum Gasteiger partial charge on any atom is 1.00 e. The van der Waals surface area contributed by atoms with Crippen LogP contribution in [0.2, 0.25) is 0 Å². The fourth-order valence-corrected chi connectivity index (χ4v) is 5.36. The molecule has 1 aromatic heterocycles. The molecule has 0 aliphatic carbocycles. The number of carboxylic acids is 1. The first-order valence-electron chi connectivity index (χ1n) is 6.27. The number of fused-ring (bicyclic) bond motifs is 1. The van der Waals surface area contributed by atoms with Gasteiger partial charge in [-0.1, -0.05) is 23.1 Å². The van der Waals surface area contributed by atoms with Crippen molar-refractivity contribution in [3.63, 3.8) is 0 Å². The van der Waals surface area contributed by atoms with Gasteiger partial charge in [0.15, 0.2) is 4.34 Å². The number of aliphatic carboxylic acids is 1. The molecule has 2 aliphatic rings. The van der Waals surface area contributed by atoms with Gasteiger partial charge in [-0.15, -0.1) is 22.0 Å². The van der Waals surface area contributed by atoms with Crippen molar-refractivity contribution < 1.29 is 49.0 Å². The number of amides is 2. The van der Waals surface area contributed by atoms with E-state index in [1.165, 1.54) is 34.9 Å². The SMILES string of the molecule is N[C@]1(NC=O)C(=O)N2C(C(=O)[O-])=C(CSc3nncs3)CS[C@@H]21.[Na+]. The number of thioether (sulfide) groups is 2. The van der Waals surface area contributed by atoms with E-state index in [-0.39, 0.29) is 35.3 Å². The molecule has 0 aromatic carbocycles. The second-order valence-corrected chi connectivity index (χ2v) is 7.83. The molecule has 13 heteroatoms. The molecule has 0 radical (unpaired) electrons. The second-order valence-electron chi connectivity index (χ2n) is 4.70. The third kappa shape index (κ3) is 3.23. The molecule has 3 N–H and O–H groups in total. The number of aromatic nitrogens is 2. The number of hydrogen-bond acceptors (Lipinski definition) is 10. The van der Waals surface area contributed by atoms with Crippen LogP contribution >= 0.6 is 34.9 Å². The summed E-state index contributed by atoms with van der Waals surface area (Å²) in [6.45, 7) is 0. The van der Waals surface area contributed by atoms with Crippen LogP contribution < -0.4 is 45.7 Å². The molecule has 0 spiro atoms. The Labute approximate surface area is 171 Å². The van der Waals surface area contributed by atoms with E-state index < -0.39 is 22.9 Å². The van der Waals surface area contributed by atoms with E-state index in [1.54, 1.807) is 5.51 Å². The van der Waals surface area contributed by atoms with E-state index in [1.807, 2.05) is 0 Å². The Morgan fingerprint density at radius 2 is 2.42 bits per heavy atom. The zero-order valence-corrected chi connectivity index (χ0v) is 16.9. The van der Waals surface area contributed by atoms with Gasteiger partial charge in [-0.25, -0.2) is 0 Å². The Balaban J connectivity index is 0.00000208. The molecule has 2 aliphatic heterocycles. The summed E-state index contributed by atoms with van der Waals surface area (Å²) < 4.78 is 0.702. The fourth-order valence-electron chi connectivity index (χ4n) is 2.35. The standard InChI is InChI=1S/C11H11N5O4S3.Na/c12-11(13-3-17)8(20)16-6(7(18)19)5(1-21-9(11)16)2-22-10-15-14-4-23-10;/h3-4,9H,1-2,12H2,(H,13,17)(H,18,19);/q;+1/p-1/t9-,11+;/m1./s1. The zero-order valence-electron chi connectivity index (χ0n) is 12.4. The quantitative estimate of drug-likeness (QED) is 0.159. The van der Waals surface area contributed by atoms with E-state index in [4.69, 9.17) is 5.73 Å². The number of carboxylic acid groups (broad SMARTS) is 1. The van der Waals surface area contributed by atoms with Gasteiger partial charge in [0.25, 0.3) is 5.91 Å². The fraction of sp³-hybridized carbons (Fsp3) is 0.364. The van der Waals surface area contributed by atoms with Crippen LogP contribution in [0, 0.1) is 0 Å². The summed E-state index contributed by atoms with van der Waals surface area (Å²) in [7, 11) is 0. The molecule has 122 valence electrons. The normalized spacial score (nSPS) is 25.5. The van der Waals surface area contributed by atoms with Crippen LogP contribution in [-0.2, 0) is 14.4 Å². The monoisotopic (exact) mass is 395 g/mol. The van der Waals surface area contributed by atoms with Crippen molar-refractivity contribution in [3.8, 4) is 0 Å². The van der Waals surface area contributed by atoms with E-state index in [0.29, 0.717) is 27.8 Å². The van der Waals surface area contributed by atoms with Crippen molar-refractivity contribution in [1.29, 1.82) is 0 Å². The van der Waals surface area contributed by atoms with E-state index in [0.717, 1.165) is 4.90 Å². The largest absolute Gasteiger partial charge is 1.00 e. The summed E-state index contributed by atoms with van der Waals surface area (Å²) in [5.41, 5.74) is 6.23. The van der Waals surface area contributed by atoms with Gasteiger partial charge < -0.3 is 15.2 Å². The second kappa shape index (κ2) is 7.72. The predicted octanol–water partition coefficient (Wildman–Crippen LogP) is -5.05. The molecule has 0 unspecified atom stereocenters. The molecule has 1 aromatic rings. The Morgan fingerprint density at radius 3 is 3.00 bits per heavy atom. The van der Waals surface area contributed by atoms with Crippen LogP contribution in [0.15, 0.2) is 21.1 Å². The smallest absolute Gasteiger partial charge is 0.543 e. The van der Waals surface area contributed by atoms with Crippen molar-refractivity contribution >= 4 is 53.1 Å². The van der Waals surface area contributed by atoms with Gasteiger partial charge >= 0.3 is 29.6 Å². The van der Waals surface area contributed by atoms with E-state index in [9.17, 15) is 19.5 Å². The minimum absolute atomic E-state index is 0. The molecule has 3 heterocycles. The molecular weight excluding hydrogens is 385 g/mol. The molecule has 0 saturated carbocycles. The summed E-state index contributed by atoms with van der Waals surface area (Å²) in [5.74, 6) is -1.40. The van der Waals surface area contributed by atoms with E-state index >= 15 is 0 Å². The molecule has 9 nitrogen and oxygen atoms in total. The predicted molar refractivity (Wildman–Crippen MR) is 81.9 cm³/mol. The molecule has 2 atom stereocenters. The van der Waals surface area contributed by atoms with Crippen molar-refractivity contribution in [1.82, 2.24) is 20.4 Å². The summed E-state index contributed by atoms with van der Waals surface area (Å²) in [6, 6.07) is 0. The summed E-state index contributed by atoms with van der Waals surface area (Å²) in [5, 5.41) is 20.7. The van der Waals surface area contributed by atoms with E-state index in [2.05, 4.69) is 15.5 Å². The first kappa shape index (κ1) is 19.7. The van der Waals surface area contributed by atoms with Crippen LogP contribution in [0.5, 0.6) is 0 Å². The van der Waals surface area contributed by atoms with Crippen molar-refractivity contribution in [3.05, 3.63) is 16.8 Å². The van der Waals surface area contributed by atoms with Crippen molar-refractivity contribution in [2.24, 2.45) is 5.73 Å². The molecule has 1 fully saturated rings. The topological polar surface area (TPSA) is 141 Å².